The Labute approximate surface area is 247 Å². The van der Waals surface area contributed by atoms with Crippen LogP contribution in [-0.4, -0.2) is 48.4 Å². The van der Waals surface area contributed by atoms with Crippen molar-refractivity contribution >= 4 is 30.9 Å². The van der Waals surface area contributed by atoms with Crippen LogP contribution in [0.5, 0.6) is 5.75 Å². The molecule has 12 heteroatoms. The highest BCUT2D eigenvalue weighted by atomic mass is 31.2. The third kappa shape index (κ3) is 5.92. The van der Waals surface area contributed by atoms with E-state index in [1.165, 1.54) is 30.2 Å². The van der Waals surface area contributed by atoms with Gasteiger partial charge in [0.1, 0.15) is 17.4 Å². The number of hydrogen-bond acceptors (Lipinski definition) is 9. The van der Waals surface area contributed by atoms with Crippen molar-refractivity contribution in [2.24, 2.45) is 0 Å². The summed E-state index contributed by atoms with van der Waals surface area (Å²) in [5.41, 5.74) is 2.91. The number of carbonyl (C=O) groups excluding carboxylic acids is 1. The van der Waals surface area contributed by atoms with E-state index in [2.05, 4.69) is 0 Å². The van der Waals surface area contributed by atoms with Gasteiger partial charge < -0.3 is 18.8 Å². The van der Waals surface area contributed by atoms with E-state index in [1.807, 2.05) is 48.5 Å². The standard InChI is InChI=1S/C31H30NO10P/c1-4-39-43(37,40-5-2)42-20-14-15-21-19(17-28(33)41-27(21)18-20)16-26(30(34)35)32(31(36)38-3)29-24-12-8-6-10-22(24)23-11-7-9-13-25(23)29/h6-15,17-18,26,29H,4-5,16H2,1-3H3,(H,34,35). The second kappa shape index (κ2) is 12.4. The number of nitrogens with zero attached hydrogens (tertiary/aromatic N) is 1. The molecular formula is C31H30NO10P. The Hall–Kier alpha value is -4.44. The largest absolute Gasteiger partial charge is 0.530 e. The van der Waals surface area contributed by atoms with Crippen molar-refractivity contribution in [2.45, 2.75) is 32.4 Å². The summed E-state index contributed by atoms with van der Waals surface area (Å²) >= 11 is 0. The van der Waals surface area contributed by atoms with Gasteiger partial charge in [0.25, 0.3) is 0 Å². The molecule has 1 amide bonds. The Balaban J connectivity index is 1.57. The van der Waals surface area contributed by atoms with Gasteiger partial charge in [-0.05, 0) is 53.8 Å². The molecule has 1 heterocycles. The number of carbonyl (C=O) groups is 2. The third-order valence-electron chi connectivity index (χ3n) is 7.09. The first-order valence-corrected chi connectivity index (χ1v) is 15.1. The summed E-state index contributed by atoms with van der Waals surface area (Å²) in [5, 5.41) is 10.9. The second-order valence-corrected chi connectivity index (χ2v) is 11.2. The minimum absolute atomic E-state index is 0.0585. The van der Waals surface area contributed by atoms with E-state index in [1.54, 1.807) is 19.9 Å². The number of rotatable bonds is 11. The molecule has 1 aliphatic rings. The van der Waals surface area contributed by atoms with Gasteiger partial charge in [0, 0.05) is 23.9 Å². The number of phosphoric ester groups is 1. The summed E-state index contributed by atoms with van der Waals surface area (Å²) in [6.45, 7) is 3.43. The molecule has 1 N–H and O–H groups in total. The predicted molar refractivity (Wildman–Crippen MR) is 157 cm³/mol. The molecule has 43 heavy (non-hydrogen) atoms. The van der Waals surface area contributed by atoms with Gasteiger partial charge in [-0.1, -0.05) is 48.5 Å². The smallest absolute Gasteiger partial charge is 0.480 e. The summed E-state index contributed by atoms with van der Waals surface area (Å²) in [4.78, 5) is 40.1. The Morgan fingerprint density at radius 2 is 1.56 bits per heavy atom. The fraction of sp³-hybridized carbons (Fsp3) is 0.258. The zero-order valence-electron chi connectivity index (χ0n) is 23.7. The number of aliphatic carboxylic acids is 1. The molecule has 4 aromatic rings. The number of hydrogen-bond donors (Lipinski definition) is 1. The quantitative estimate of drug-likeness (QED) is 0.155. The van der Waals surface area contributed by atoms with E-state index in [-0.39, 0.29) is 31.0 Å². The first-order valence-electron chi connectivity index (χ1n) is 13.6. The molecule has 1 unspecified atom stereocenters. The summed E-state index contributed by atoms with van der Waals surface area (Å²) in [7, 11) is -2.73. The molecule has 0 bridgehead atoms. The van der Waals surface area contributed by atoms with Crippen LogP contribution in [0.2, 0.25) is 0 Å². The first kappa shape index (κ1) is 30.0. The number of carboxylic acid groups (broad SMARTS) is 1. The SMILES string of the molecule is CCOP(=O)(OCC)Oc1ccc2c(CC(C(=O)O)N(C(=O)OC)C3c4ccccc4-c4ccccc43)cc(=O)oc2c1. The maximum Gasteiger partial charge on any atom is 0.530 e. The van der Waals surface area contributed by atoms with E-state index in [4.69, 9.17) is 22.7 Å². The van der Waals surface area contributed by atoms with Crippen molar-refractivity contribution in [3.05, 3.63) is 99.9 Å². The molecule has 1 aliphatic carbocycles. The topological polar surface area (TPSA) is 142 Å². The monoisotopic (exact) mass is 607 g/mol. The number of carboxylic acids is 1. The van der Waals surface area contributed by atoms with Crippen molar-refractivity contribution in [1.82, 2.24) is 4.90 Å². The van der Waals surface area contributed by atoms with Crippen LogP contribution in [0.4, 0.5) is 4.79 Å². The van der Waals surface area contributed by atoms with Crippen LogP contribution in [0.1, 0.15) is 36.6 Å². The fourth-order valence-electron chi connectivity index (χ4n) is 5.43. The van der Waals surface area contributed by atoms with Crippen molar-refractivity contribution in [3.8, 4) is 16.9 Å². The minimum atomic E-state index is -3.93. The lowest BCUT2D eigenvalue weighted by atomic mass is 9.97. The molecule has 224 valence electrons. The lowest BCUT2D eigenvalue weighted by Gasteiger charge is -2.34. The van der Waals surface area contributed by atoms with Crippen molar-refractivity contribution in [3.63, 3.8) is 0 Å². The summed E-state index contributed by atoms with van der Waals surface area (Å²) in [5.74, 6) is -1.23. The van der Waals surface area contributed by atoms with Crippen molar-refractivity contribution in [2.75, 3.05) is 20.3 Å². The van der Waals surface area contributed by atoms with Crippen LogP contribution >= 0.6 is 7.82 Å². The molecule has 5 rings (SSSR count). The molecule has 1 aromatic heterocycles. The maximum atomic E-state index is 13.4. The Kier molecular flexibility index (Phi) is 8.68. The van der Waals surface area contributed by atoms with Crippen LogP contribution in [0.3, 0.4) is 0 Å². The average Bonchev–Trinajstić information content (AvgIpc) is 3.30. The van der Waals surface area contributed by atoms with Crippen LogP contribution in [0, 0.1) is 0 Å². The van der Waals surface area contributed by atoms with Gasteiger partial charge in [-0.2, -0.15) is 0 Å². The van der Waals surface area contributed by atoms with Gasteiger partial charge in [0.15, 0.2) is 0 Å². The summed E-state index contributed by atoms with van der Waals surface area (Å²) < 4.78 is 39.2. The molecule has 1 atom stereocenters. The van der Waals surface area contributed by atoms with E-state index >= 15 is 0 Å². The second-order valence-electron chi connectivity index (χ2n) is 9.64. The zero-order chi connectivity index (χ0) is 30.7. The number of phosphoric acid groups is 1. The summed E-state index contributed by atoms with van der Waals surface area (Å²) in [6, 6.07) is 18.3. The lowest BCUT2D eigenvalue weighted by Crippen LogP contribution is -2.48. The van der Waals surface area contributed by atoms with E-state index in [0.717, 1.165) is 22.3 Å². The normalized spacial score (nSPS) is 13.3. The highest BCUT2D eigenvalue weighted by molar-refractivity contribution is 7.48. The van der Waals surface area contributed by atoms with Crippen LogP contribution in [0.15, 0.2) is 82.0 Å². The van der Waals surface area contributed by atoms with Crippen LogP contribution in [-0.2, 0) is 29.6 Å². The molecule has 0 fully saturated rings. The molecule has 0 aliphatic heterocycles. The van der Waals surface area contributed by atoms with Gasteiger partial charge in [0.05, 0.1) is 26.4 Å². The highest BCUT2D eigenvalue weighted by Gasteiger charge is 2.42. The number of ether oxygens (including phenoxy) is 1. The van der Waals surface area contributed by atoms with Gasteiger partial charge in [-0.3, -0.25) is 13.9 Å². The Morgan fingerprint density at radius 1 is 0.953 bits per heavy atom. The Bertz CT molecular complexity index is 1730. The van der Waals surface area contributed by atoms with Crippen LogP contribution in [0.25, 0.3) is 22.1 Å². The van der Waals surface area contributed by atoms with Crippen molar-refractivity contribution in [1.29, 1.82) is 0 Å². The highest BCUT2D eigenvalue weighted by Crippen LogP contribution is 2.50. The van der Waals surface area contributed by atoms with E-state index in [9.17, 15) is 24.1 Å². The van der Waals surface area contributed by atoms with Crippen molar-refractivity contribution < 1.29 is 42.0 Å². The molecular weight excluding hydrogens is 577 g/mol. The van der Waals surface area contributed by atoms with Gasteiger partial charge in [-0.25, -0.2) is 18.9 Å². The number of fused-ring (bicyclic) bond motifs is 4. The fourth-order valence-corrected chi connectivity index (χ4v) is 6.61. The van der Waals surface area contributed by atoms with Gasteiger partial charge in [0.2, 0.25) is 0 Å². The number of benzene rings is 3. The number of amides is 1. The molecule has 0 radical (unpaired) electrons. The Morgan fingerprint density at radius 3 is 2.12 bits per heavy atom. The third-order valence-corrected chi connectivity index (χ3v) is 8.68. The molecule has 0 saturated heterocycles. The molecule has 0 saturated carbocycles. The van der Waals surface area contributed by atoms with Crippen LogP contribution < -0.4 is 10.1 Å². The maximum absolute atomic E-state index is 13.4. The summed E-state index contributed by atoms with van der Waals surface area (Å²) in [6.07, 6.45) is -1.08. The number of methoxy groups -OCH3 is 1. The molecule has 11 nitrogen and oxygen atoms in total. The van der Waals surface area contributed by atoms with E-state index < -0.39 is 37.6 Å². The van der Waals surface area contributed by atoms with E-state index in [0.29, 0.717) is 10.9 Å². The average molecular weight is 608 g/mol. The lowest BCUT2D eigenvalue weighted by molar-refractivity contribution is -0.143. The predicted octanol–water partition coefficient (Wildman–Crippen LogP) is 6.19. The van der Waals surface area contributed by atoms with Gasteiger partial charge >= 0.3 is 25.5 Å². The molecule has 3 aromatic carbocycles. The minimum Gasteiger partial charge on any atom is -0.480 e. The molecule has 0 spiro atoms. The zero-order valence-corrected chi connectivity index (χ0v) is 24.6. The van der Waals surface area contributed by atoms with Gasteiger partial charge in [-0.15, -0.1) is 0 Å². The first-order chi connectivity index (χ1) is 20.7.